The van der Waals surface area contributed by atoms with Crippen molar-refractivity contribution < 1.29 is 27.2 Å². The Balaban J connectivity index is 1.25. The normalized spacial score (nSPS) is 15.0. The highest BCUT2D eigenvalue weighted by atomic mass is 32.2. The van der Waals surface area contributed by atoms with Crippen molar-refractivity contribution >= 4 is 27.5 Å². The van der Waals surface area contributed by atoms with Crippen molar-refractivity contribution in [2.24, 2.45) is 0 Å². The number of benzene rings is 2. The van der Waals surface area contributed by atoms with Crippen LogP contribution in [-0.2, 0) is 26.0 Å². The molecule has 4 rings (SSSR count). The van der Waals surface area contributed by atoms with Crippen molar-refractivity contribution in [1.29, 1.82) is 0 Å². The number of carbonyl (C=O) groups is 2. The van der Waals surface area contributed by atoms with Gasteiger partial charge >= 0.3 is 11.8 Å². The smallest absolute Gasteiger partial charge is 0.313 e. The summed E-state index contributed by atoms with van der Waals surface area (Å²) >= 11 is 0. The molecule has 1 aliphatic rings. The summed E-state index contributed by atoms with van der Waals surface area (Å²) in [7, 11) is -1.87. The number of hydrogen-bond acceptors (Lipinski definition) is 8. The molecule has 1 aliphatic heterocycles. The van der Waals surface area contributed by atoms with E-state index in [0.717, 1.165) is 5.56 Å². The number of aryl methyl sites for hydroxylation is 1. The lowest BCUT2D eigenvalue weighted by molar-refractivity contribution is -0.137. The van der Waals surface area contributed by atoms with Crippen LogP contribution in [0.15, 0.2) is 65.5 Å². The lowest BCUT2D eigenvalue weighted by Gasteiger charge is -2.38. The molecule has 2 N–H and O–H groups in total. The number of hydrogen-bond donors (Lipinski definition) is 2. The first-order valence-corrected chi connectivity index (χ1v) is 14.6. The van der Waals surface area contributed by atoms with Gasteiger partial charge in [-0.15, -0.1) is 0 Å². The second kappa shape index (κ2) is 12.6. The quantitative estimate of drug-likeness (QED) is 0.356. The largest absolute Gasteiger partial charge is 0.496 e. The van der Waals surface area contributed by atoms with Gasteiger partial charge in [-0.05, 0) is 38.0 Å². The van der Waals surface area contributed by atoms with Crippen LogP contribution in [0.2, 0.25) is 0 Å². The maximum atomic E-state index is 12.8. The van der Waals surface area contributed by atoms with E-state index in [2.05, 4.69) is 20.5 Å². The zero-order valence-corrected chi connectivity index (χ0v) is 23.7. The second-order valence-electron chi connectivity index (χ2n) is 10.3. The van der Waals surface area contributed by atoms with Crippen molar-refractivity contribution in [2.75, 3.05) is 50.9 Å². The Morgan fingerprint density at radius 1 is 1.05 bits per heavy atom. The van der Waals surface area contributed by atoms with Crippen molar-refractivity contribution in [2.45, 2.75) is 25.8 Å². The summed E-state index contributed by atoms with van der Waals surface area (Å²) in [5.41, 5.74) is 1.32. The molecule has 0 radical (unpaired) electrons. The third-order valence-corrected chi connectivity index (χ3v) is 8.52. The average molecular weight is 570 g/mol. The minimum atomic E-state index is -3.36. The van der Waals surface area contributed by atoms with Crippen LogP contribution in [0.3, 0.4) is 0 Å². The summed E-state index contributed by atoms with van der Waals surface area (Å²) < 4.78 is 37.9. The number of sulfonamides is 1. The Hall–Kier alpha value is -3.74. The second-order valence-corrected chi connectivity index (χ2v) is 12.4. The SMILES string of the molecule is COc1cc(NC(=O)C(=O)NC(C)(C)CN2CCN(S(=O)(=O)CCc3ccccc3)CC2)ccc1-c1cnco1. The monoisotopic (exact) mass is 569 g/mol. The first-order valence-electron chi connectivity index (χ1n) is 13.0. The fourth-order valence-electron chi connectivity index (χ4n) is 4.66. The van der Waals surface area contributed by atoms with Gasteiger partial charge in [0, 0.05) is 50.0 Å². The van der Waals surface area contributed by atoms with Gasteiger partial charge in [-0.25, -0.2) is 13.4 Å². The molecule has 0 saturated carbocycles. The molecule has 0 bridgehead atoms. The van der Waals surface area contributed by atoms with Gasteiger partial charge in [0.15, 0.2) is 12.2 Å². The molecule has 2 heterocycles. The Kier molecular flexibility index (Phi) is 9.23. The van der Waals surface area contributed by atoms with Gasteiger partial charge in [0.05, 0.1) is 24.6 Å². The Labute approximate surface area is 234 Å². The molecule has 40 heavy (non-hydrogen) atoms. The van der Waals surface area contributed by atoms with E-state index in [9.17, 15) is 18.0 Å². The van der Waals surface area contributed by atoms with E-state index in [0.29, 0.717) is 61.9 Å². The van der Waals surface area contributed by atoms with E-state index in [1.165, 1.54) is 17.8 Å². The number of amides is 2. The Morgan fingerprint density at radius 2 is 1.77 bits per heavy atom. The van der Waals surface area contributed by atoms with Crippen molar-refractivity contribution in [3.63, 3.8) is 0 Å². The Morgan fingerprint density at radius 3 is 2.42 bits per heavy atom. The fourth-order valence-corrected chi connectivity index (χ4v) is 6.13. The molecule has 11 nitrogen and oxygen atoms in total. The number of piperazine rings is 1. The number of oxazole rings is 1. The molecule has 0 atom stereocenters. The lowest BCUT2D eigenvalue weighted by Crippen LogP contribution is -2.57. The van der Waals surface area contributed by atoms with E-state index < -0.39 is 27.4 Å². The fraction of sp³-hybridized carbons (Fsp3) is 0.393. The number of rotatable bonds is 10. The molecule has 214 valence electrons. The van der Waals surface area contributed by atoms with Crippen LogP contribution in [-0.4, -0.2) is 85.5 Å². The molecule has 3 aromatic rings. The third kappa shape index (κ3) is 7.68. The Bertz CT molecular complexity index is 1400. The molecule has 1 aromatic heterocycles. The summed E-state index contributed by atoms with van der Waals surface area (Å²) in [5.74, 6) is -0.541. The van der Waals surface area contributed by atoms with E-state index in [-0.39, 0.29) is 5.75 Å². The molecule has 1 fully saturated rings. The standard InChI is InChI=1S/C28H35N5O6S/c1-28(2,19-32-12-14-33(15-13-32)40(36,37)16-11-21-7-5-4-6-8-21)31-27(35)26(34)30-22-9-10-23(24(17-22)38-3)25-18-29-20-39-25/h4-10,17-18,20H,11-16,19H2,1-3H3,(H,30,34)(H,31,35). The van der Waals surface area contributed by atoms with Gasteiger partial charge in [-0.2, -0.15) is 4.31 Å². The van der Waals surface area contributed by atoms with Crippen LogP contribution in [0.1, 0.15) is 19.4 Å². The number of carbonyl (C=O) groups excluding carboxylic acids is 2. The maximum Gasteiger partial charge on any atom is 0.313 e. The van der Waals surface area contributed by atoms with Crippen LogP contribution in [0.25, 0.3) is 11.3 Å². The predicted octanol–water partition coefficient (Wildman–Crippen LogP) is 2.37. The minimum absolute atomic E-state index is 0.0718. The minimum Gasteiger partial charge on any atom is -0.496 e. The molecule has 0 unspecified atom stereocenters. The van der Waals surface area contributed by atoms with E-state index in [4.69, 9.17) is 9.15 Å². The number of aromatic nitrogens is 1. The molecule has 1 saturated heterocycles. The number of ether oxygens (including phenoxy) is 1. The van der Waals surface area contributed by atoms with Gasteiger partial charge < -0.3 is 19.8 Å². The first kappa shape index (κ1) is 29.2. The van der Waals surface area contributed by atoms with Gasteiger partial charge in [0.25, 0.3) is 0 Å². The van der Waals surface area contributed by atoms with Gasteiger partial charge in [-0.1, -0.05) is 30.3 Å². The van der Waals surface area contributed by atoms with Crippen LogP contribution in [0.4, 0.5) is 5.69 Å². The summed E-state index contributed by atoms with van der Waals surface area (Å²) in [6.45, 7) is 5.96. The number of anilines is 1. The summed E-state index contributed by atoms with van der Waals surface area (Å²) in [6.07, 6.45) is 3.34. The molecule has 2 aromatic carbocycles. The lowest BCUT2D eigenvalue weighted by atomic mass is 10.0. The molecule has 0 aliphatic carbocycles. The van der Waals surface area contributed by atoms with Gasteiger partial charge in [0.2, 0.25) is 10.0 Å². The molecular weight excluding hydrogens is 534 g/mol. The first-order chi connectivity index (χ1) is 19.1. The van der Waals surface area contributed by atoms with Crippen molar-refractivity contribution in [3.8, 4) is 17.1 Å². The van der Waals surface area contributed by atoms with E-state index in [1.54, 1.807) is 24.4 Å². The maximum absolute atomic E-state index is 12.8. The van der Waals surface area contributed by atoms with Gasteiger partial charge in [-0.3, -0.25) is 14.5 Å². The van der Waals surface area contributed by atoms with Gasteiger partial charge in [0.1, 0.15) is 5.75 Å². The van der Waals surface area contributed by atoms with E-state index in [1.807, 2.05) is 44.2 Å². The zero-order chi connectivity index (χ0) is 28.8. The predicted molar refractivity (Wildman–Crippen MR) is 151 cm³/mol. The summed E-state index contributed by atoms with van der Waals surface area (Å²) in [6, 6.07) is 14.5. The molecule has 12 heteroatoms. The average Bonchev–Trinajstić information content (AvgIpc) is 3.47. The zero-order valence-electron chi connectivity index (χ0n) is 22.9. The van der Waals surface area contributed by atoms with Crippen LogP contribution in [0, 0.1) is 0 Å². The van der Waals surface area contributed by atoms with Crippen molar-refractivity contribution in [1.82, 2.24) is 19.5 Å². The summed E-state index contributed by atoms with van der Waals surface area (Å²) in [5, 5.41) is 5.38. The number of methoxy groups -OCH3 is 1. The number of nitrogens with zero attached hydrogens (tertiary/aromatic N) is 3. The van der Waals surface area contributed by atoms with Crippen LogP contribution >= 0.6 is 0 Å². The van der Waals surface area contributed by atoms with Crippen molar-refractivity contribution in [3.05, 3.63) is 66.7 Å². The van der Waals surface area contributed by atoms with Crippen LogP contribution in [0.5, 0.6) is 5.75 Å². The molecule has 0 spiro atoms. The molecule has 2 amide bonds. The van der Waals surface area contributed by atoms with Crippen LogP contribution < -0.4 is 15.4 Å². The molecular formula is C28H35N5O6S. The van der Waals surface area contributed by atoms with E-state index >= 15 is 0 Å². The number of nitrogens with one attached hydrogen (secondary N) is 2. The highest BCUT2D eigenvalue weighted by Crippen LogP contribution is 2.32. The highest BCUT2D eigenvalue weighted by Gasteiger charge is 2.31. The topological polar surface area (TPSA) is 134 Å². The third-order valence-electron chi connectivity index (χ3n) is 6.65. The summed E-state index contributed by atoms with van der Waals surface area (Å²) in [4.78, 5) is 31.3. The highest BCUT2D eigenvalue weighted by molar-refractivity contribution is 7.89.